The number of carbonyl (C=O) groups is 2. The summed E-state index contributed by atoms with van der Waals surface area (Å²) in [7, 11) is 7.47. The normalized spacial score (nSPS) is 15.6. The van der Waals surface area contributed by atoms with Crippen LogP contribution < -0.4 is 35.4 Å². The third-order valence-corrected chi connectivity index (χ3v) is 24.5. The van der Waals surface area contributed by atoms with E-state index in [0.29, 0.717) is 56.2 Å². The van der Waals surface area contributed by atoms with Crippen molar-refractivity contribution in [2.75, 3.05) is 62.7 Å². The molecule has 8 rings (SSSR count). The van der Waals surface area contributed by atoms with Crippen LogP contribution in [0, 0.1) is 5.82 Å². The first kappa shape index (κ1) is 46.7. The van der Waals surface area contributed by atoms with Crippen LogP contribution in [0.15, 0.2) is 155 Å². The molecule has 2 amide bonds. The Morgan fingerprint density at radius 3 is 1.77 bits per heavy atom. The predicted octanol–water partition coefficient (Wildman–Crippen LogP) is 9.64. The van der Waals surface area contributed by atoms with Gasteiger partial charge in [-0.3, -0.25) is 0 Å². The number of carbonyl (C=O) groups excluding carboxylic acids is 2. The van der Waals surface area contributed by atoms with E-state index in [9.17, 15) is 9.59 Å². The van der Waals surface area contributed by atoms with Crippen molar-refractivity contribution in [3.8, 4) is 5.75 Å². The van der Waals surface area contributed by atoms with Crippen LogP contribution in [0.2, 0.25) is 10.6 Å². The SMILES string of the molecule is CO[C@H]1C[Se][Se]C[C@H]1N(CCC[P+](c1ccccc1)(c1ccccc1)c1ccccc1)C(=O)Oc1ccc(COC(=O)N2c3ccc(N(C)C)cc3Sc3cc(N(C)C)ccc32)cc1F. The number of methoxy groups -OCH3 is 1. The molecule has 9 nitrogen and oxygen atoms in total. The molecule has 336 valence electrons. The number of rotatable bonds is 14. The second kappa shape index (κ2) is 21.2. The van der Waals surface area contributed by atoms with E-state index >= 15 is 4.39 Å². The summed E-state index contributed by atoms with van der Waals surface area (Å²) in [6, 6.07) is 48.2. The van der Waals surface area contributed by atoms with Gasteiger partial charge in [-0.2, -0.15) is 0 Å². The van der Waals surface area contributed by atoms with E-state index < -0.39 is 25.3 Å². The second-order valence-corrected chi connectivity index (χ2v) is 28.4. The van der Waals surface area contributed by atoms with Gasteiger partial charge in [0.1, 0.15) is 0 Å². The zero-order valence-corrected chi connectivity index (χ0v) is 42.3. The van der Waals surface area contributed by atoms with Crippen LogP contribution in [0.1, 0.15) is 12.0 Å². The summed E-state index contributed by atoms with van der Waals surface area (Å²) in [6.07, 6.45) is 0.198. The van der Waals surface area contributed by atoms with E-state index in [1.165, 1.54) is 28.0 Å². The summed E-state index contributed by atoms with van der Waals surface area (Å²) in [5, 5.41) is 5.59. The van der Waals surface area contributed by atoms with Crippen molar-refractivity contribution in [1.82, 2.24) is 4.90 Å². The summed E-state index contributed by atoms with van der Waals surface area (Å²) in [4.78, 5) is 37.6. The molecule has 6 aromatic carbocycles. The summed E-state index contributed by atoms with van der Waals surface area (Å²) in [5.41, 5.74) is 3.85. The second-order valence-electron chi connectivity index (χ2n) is 16.2. The van der Waals surface area contributed by atoms with Crippen molar-refractivity contribution in [2.45, 2.75) is 45.6 Å². The minimum atomic E-state index is -2.16. The fraction of sp³-hybridized carbons (Fsp3) is 0.255. The van der Waals surface area contributed by atoms with Gasteiger partial charge >= 0.3 is 272 Å². The summed E-state index contributed by atoms with van der Waals surface area (Å²) in [6.45, 7) is 0.233. The van der Waals surface area contributed by atoms with Gasteiger partial charge in [-0.15, -0.1) is 0 Å². The molecule has 0 aromatic heterocycles. The maximum atomic E-state index is 16.0. The number of ether oxygens (including phenoxy) is 3. The Kier molecular flexibility index (Phi) is 15.2. The van der Waals surface area contributed by atoms with Gasteiger partial charge in [0.2, 0.25) is 0 Å². The minimum absolute atomic E-state index is 0.125. The van der Waals surface area contributed by atoms with E-state index in [1.54, 1.807) is 34.7 Å². The number of hydrogen-bond donors (Lipinski definition) is 0. The Hall–Kier alpha value is -4.83. The zero-order valence-electron chi connectivity index (χ0n) is 37.1. The maximum absolute atomic E-state index is 16.0. The van der Waals surface area contributed by atoms with Gasteiger partial charge < -0.3 is 9.80 Å². The molecular formula is C51H53FN4O5PSSe2+. The topological polar surface area (TPSA) is 74.8 Å². The molecule has 0 N–H and O–H groups in total. The van der Waals surface area contributed by atoms with Gasteiger partial charge in [-0.1, -0.05) is 11.8 Å². The van der Waals surface area contributed by atoms with E-state index in [-0.39, 0.29) is 24.5 Å². The molecule has 2 aliphatic heterocycles. The molecule has 2 aliphatic rings. The molecule has 14 heteroatoms. The first-order valence-electron chi connectivity index (χ1n) is 21.4. The van der Waals surface area contributed by atoms with Gasteiger partial charge in [0.05, 0.1) is 11.4 Å². The van der Waals surface area contributed by atoms with Crippen molar-refractivity contribution in [3.63, 3.8) is 0 Å². The monoisotopic (exact) mass is 1040 g/mol. The van der Waals surface area contributed by atoms with Gasteiger partial charge in [-0.05, 0) is 36.4 Å². The van der Waals surface area contributed by atoms with Crippen LogP contribution >= 0.6 is 19.0 Å². The van der Waals surface area contributed by atoms with Crippen molar-refractivity contribution in [3.05, 3.63) is 157 Å². The molecule has 0 aliphatic carbocycles. The van der Waals surface area contributed by atoms with Gasteiger partial charge in [-0.25, -0.2) is 9.69 Å². The molecular weight excluding hydrogens is 989 g/mol. The summed E-state index contributed by atoms with van der Waals surface area (Å²) >= 11 is 2.47. The molecule has 1 fully saturated rings. The molecule has 65 heavy (non-hydrogen) atoms. The Morgan fingerprint density at radius 2 is 1.26 bits per heavy atom. The zero-order chi connectivity index (χ0) is 45.5. The Balaban J connectivity index is 1.01. The number of anilines is 4. The molecule has 1 saturated heterocycles. The van der Waals surface area contributed by atoms with E-state index in [4.69, 9.17) is 14.2 Å². The number of benzene rings is 6. The third kappa shape index (κ3) is 10.3. The molecule has 0 radical (unpaired) electrons. The van der Waals surface area contributed by atoms with Crippen LogP contribution in [0.25, 0.3) is 0 Å². The third-order valence-electron chi connectivity index (χ3n) is 11.8. The average Bonchev–Trinajstić information content (AvgIpc) is 3.33. The molecule has 2 heterocycles. The molecule has 0 unspecified atom stereocenters. The molecule has 0 bridgehead atoms. The fourth-order valence-corrected chi connectivity index (χ4v) is 21.4. The van der Waals surface area contributed by atoms with Gasteiger partial charge in [0.25, 0.3) is 0 Å². The van der Waals surface area contributed by atoms with E-state index in [2.05, 4.69) is 103 Å². The number of amides is 2. The first-order valence-corrected chi connectivity index (χ1v) is 31.0. The number of nitrogens with zero attached hydrogens (tertiary/aromatic N) is 4. The van der Waals surface area contributed by atoms with Crippen LogP contribution in [0.5, 0.6) is 5.75 Å². The number of hydrogen-bond acceptors (Lipinski definition) is 8. The van der Waals surface area contributed by atoms with Crippen molar-refractivity contribution in [1.29, 1.82) is 0 Å². The van der Waals surface area contributed by atoms with Crippen molar-refractivity contribution in [2.24, 2.45) is 0 Å². The summed E-state index contributed by atoms with van der Waals surface area (Å²) < 4.78 is 33.9. The van der Waals surface area contributed by atoms with Crippen LogP contribution in [0.4, 0.5) is 36.7 Å². The van der Waals surface area contributed by atoms with Crippen LogP contribution in [0.3, 0.4) is 0 Å². The number of fused-ring (bicyclic) bond motifs is 2. The first-order chi connectivity index (χ1) is 31.6. The summed E-state index contributed by atoms with van der Waals surface area (Å²) in [5.74, 6) is -0.899. The van der Waals surface area contributed by atoms with Crippen LogP contribution in [-0.2, 0) is 16.1 Å². The average molecular weight is 1040 g/mol. The number of halogens is 1. The molecule has 2 atom stereocenters. The molecule has 0 spiro atoms. The fourth-order valence-electron chi connectivity index (χ4n) is 8.34. The molecule has 0 saturated carbocycles. The predicted molar refractivity (Wildman–Crippen MR) is 267 cm³/mol. The molecule has 6 aromatic rings. The Morgan fingerprint density at radius 1 is 0.723 bits per heavy atom. The Labute approximate surface area is 397 Å². The standard InChI is InChI=1S/C51H53FN4O5PSSe2/c1-53(2)37-23-25-43-48(31-37)63-49-32-38(54(3)4)24-26-44(49)56(43)51(58)60-33-36-22-27-46(42(52)30-36)61-50(57)55(45-34-64-65-35-47(45)59-5)28-15-29-62(39-16-9-6-10-17-39,40-18-11-7-12-19-40)41-20-13-8-14-21-41/h6-14,16-27,30-32,45,47H,15,28-29,33-35H2,1-5H3/q+1/t45-,47+/m1/s1. The Bertz CT molecular complexity index is 2440. The van der Waals surface area contributed by atoms with Gasteiger partial charge in [0, 0.05) is 49.4 Å². The van der Waals surface area contributed by atoms with Crippen LogP contribution in [-0.4, -0.2) is 104 Å². The van der Waals surface area contributed by atoms with E-state index in [1.807, 2.05) is 62.3 Å². The van der Waals surface area contributed by atoms with Crippen molar-refractivity contribution < 1.29 is 28.2 Å². The van der Waals surface area contributed by atoms with Crippen molar-refractivity contribution >= 4 is 96.1 Å². The van der Waals surface area contributed by atoms with Gasteiger partial charge in [0.15, 0.2) is 0 Å². The quantitative estimate of drug-likeness (QED) is 0.0790. The van der Waals surface area contributed by atoms with E-state index in [0.717, 1.165) is 38.0 Å².